The quantitative estimate of drug-likeness (QED) is 0.835. The van der Waals surface area contributed by atoms with Crippen LogP contribution in [0.3, 0.4) is 0 Å². The zero-order valence-electron chi connectivity index (χ0n) is 12.5. The number of carboxylic acid groups (broad SMARTS) is 1. The summed E-state index contributed by atoms with van der Waals surface area (Å²) < 4.78 is 23.8. The van der Waals surface area contributed by atoms with Crippen LogP contribution in [-0.4, -0.2) is 54.4 Å². The highest BCUT2D eigenvalue weighted by Crippen LogP contribution is 2.35. The Morgan fingerprint density at radius 1 is 1.19 bits per heavy atom. The predicted octanol–water partition coefficient (Wildman–Crippen LogP) is 0.913. The molecule has 0 aromatic carbocycles. The third-order valence-electron chi connectivity index (χ3n) is 4.91. The number of carboxylic acids is 1. The lowest BCUT2D eigenvalue weighted by Gasteiger charge is -2.39. The Kier molecular flexibility index (Phi) is 4.33. The lowest BCUT2D eigenvalue weighted by molar-refractivity contribution is -0.153. The molecular weight excluding hydrogens is 294 g/mol. The molecule has 0 radical (unpaired) electrons. The van der Waals surface area contributed by atoms with E-state index in [0.29, 0.717) is 25.9 Å². The second-order valence-electron chi connectivity index (χ2n) is 6.65. The highest BCUT2D eigenvalue weighted by atomic mass is 32.2. The number of carbonyl (C=O) groups is 2. The summed E-state index contributed by atoms with van der Waals surface area (Å²) in [6, 6.07) is 0. The number of aliphatic carboxylic acids is 1. The van der Waals surface area contributed by atoms with E-state index < -0.39 is 26.5 Å². The van der Waals surface area contributed by atoms with Crippen molar-refractivity contribution in [1.29, 1.82) is 0 Å². The molecule has 0 saturated carbocycles. The Morgan fingerprint density at radius 2 is 1.86 bits per heavy atom. The van der Waals surface area contributed by atoms with E-state index in [1.165, 1.54) is 0 Å². The summed E-state index contributed by atoms with van der Waals surface area (Å²) in [5.74, 6) is -1.27. The van der Waals surface area contributed by atoms with Gasteiger partial charge in [-0.25, -0.2) is 8.42 Å². The minimum absolute atomic E-state index is 0.0846. The average Bonchev–Trinajstić information content (AvgIpc) is 2.77. The lowest BCUT2D eigenvalue weighted by atomic mass is 9.74. The fourth-order valence-corrected chi connectivity index (χ4v) is 5.05. The molecule has 1 N–H and O–H groups in total. The van der Waals surface area contributed by atoms with Crippen molar-refractivity contribution in [2.45, 2.75) is 44.8 Å². The molecule has 2 aliphatic heterocycles. The van der Waals surface area contributed by atoms with E-state index in [9.17, 15) is 23.1 Å². The van der Waals surface area contributed by atoms with Crippen molar-refractivity contribution < 1.29 is 23.1 Å². The molecule has 2 heterocycles. The number of rotatable bonds is 3. The molecule has 0 aromatic rings. The molecule has 2 saturated heterocycles. The molecule has 0 aromatic heterocycles. The fraction of sp³-hybridized carbons (Fsp3) is 0.857. The molecule has 120 valence electrons. The zero-order chi connectivity index (χ0) is 15.8. The Hall–Kier alpha value is -1.11. The monoisotopic (exact) mass is 317 g/mol. The maximum Gasteiger partial charge on any atom is 0.309 e. The topological polar surface area (TPSA) is 91.8 Å². The van der Waals surface area contributed by atoms with E-state index in [1.54, 1.807) is 18.7 Å². The number of hydrogen-bond acceptors (Lipinski definition) is 4. The van der Waals surface area contributed by atoms with Crippen molar-refractivity contribution in [2.24, 2.45) is 11.3 Å². The molecule has 7 heteroatoms. The van der Waals surface area contributed by atoms with Gasteiger partial charge in [-0.05, 0) is 45.4 Å². The normalized spacial score (nSPS) is 29.3. The number of amides is 1. The van der Waals surface area contributed by atoms with Gasteiger partial charge in [0.1, 0.15) is 5.25 Å². The Balaban J connectivity index is 2.11. The second kappa shape index (κ2) is 5.59. The first-order valence-electron chi connectivity index (χ1n) is 7.40. The molecule has 0 aliphatic carbocycles. The number of sulfone groups is 1. The van der Waals surface area contributed by atoms with Crippen LogP contribution in [-0.2, 0) is 19.4 Å². The molecule has 6 nitrogen and oxygen atoms in total. The molecule has 2 aliphatic rings. The molecule has 1 amide bonds. The summed E-state index contributed by atoms with van der Waals surface area (Å²) in [4.78, 5) is 25.4. The SMILES string of the molecule is CC(C)(C(=O)O)C1CCCN(C(=O)C2CCCS2(=O)=O)C1. The van der Waals surface area contributed by atoms with Crippen molar-refractivity contribution >= 4 is 21.7 Å². The standard InChI is InChI=1S/C14H23NO5S/c1-14(2,13(17)18)10-5-3-7-15(9-10)12(16)11-6-4-8-21(11,19)20/h10-11H,3-9H2,1-2H3,(H,17,18). The molecule has 2 fully saturated rings. The summed E-state index contributed by atoms with van der Waals surface area (Å²) in [6.45, 7) is 4.20. The Labute approximate surface area is 125 Å². The molecule has 2 rings (SSSR count). The van der Waals surface area contributed by atoms with Gasteiger partial charge in [0.05, 0.1) is 11.2 Å². The van der Waals surface area contributed by atoms with Crippen LogP contribution in [0.25, 0.3) is 0 Å². The van der Waals surface area contributed by atoms with Crippen LogP contribution in [0.2, 0.25) is 0 Å². The van der Waals surface area contributed by atoms with E-state index >= 15 is 0 Å². The third-order valence-corrected chi connectivity index (χ3v) is 7.07. The van der Waals surface area contributed by atoms with Crippen LogP contribution in [0.4, 0.5) is 0 Å². The number of piperidine rings is 1. The molecule has 2 atom stereocenters. The average molecular weight is 317 g/mol. The largest absolute Gasteiger partial charge is 0.481 e. The molecule has 0 spiro atoms. The fourth-order valence-electron chi connectivity index (χ4n) is 3.21. The summed E-state index contributed by atoms with van der Waals surface area (Å²) in [5, 5.41) is 8.40. The summed E-state index contributed by atoms with van der Waals surface area (Å²) in [7, 11) is -3.31. The summed E-state index contributed by atoms with van der Waals surface area (Å²) >= 11 is 0. The van der Waals surface area contributed by atoms with Gasteiger partial charge in [-0.1, -0.05) is 0 Å². The van der Waals surface area contributed by atoms with Crippen LogP contribution >= 0.6 is 0 Å². The van der Waals surface area contributed by atoms with E-state index in [0.717, 1.165) is 12.8 Å². The number of nitrogens with zero attached hydrogens (tertiary/aromatic N) is 1. The first-order valence-corrected chi connectivity index (χ1v) is 9.11. The Bertz CT molecular complexity index is 540. The van der Waals surface area contributed by atoms with E-state index in [-0.39, 0.29) is 17.6 Å². The molecule has 21 heavy (non-hydrogen) atoms. The maximum absolute atomic E-state index is 12.5. The first-order chi connectivity index (χ1) is 9.66. The first kappa shape index (κ1) is 16.3. The van der Waals surface area contributed by atoms with Gasteiger partial charge in [-0.3, -0.25) is 9.59 Å². The van der Waals surface area contributed by atoms with Gasteiger partial charge in [0.2, 0.25) is 5.91 Å². The molecule has 0 bridgehead atoms. The predicted molar refractivity (Wildman–Crippen MR) is 77.5 cm³/mol. The smallest absolute Gasteiger partial charge is 0.309 e. The van der Waals surface area contributed by atoms with Gasteiger partial charge >= 0.3 is 5.97 Å². The molecular formula is C14H23NO5S. The maximum atomic E-state index is 12.5. The van der Waals surface area contributed by atoms with Crippen molar-refractivity contribution in [1.82, 2.24) is 4.90 Å². The van der Waals surface area contributed by atoms with Gasteiger partial charge < -0.3 is 10.0 Å². The van der Waals surface area contributed by atoms with E-state index in [1.807, 2.05) is 0 Å². The minimum Gasteiger partial charge on any atom is -0.481 e. The van der Waals surface area contributed by atoms with Crippen molar-refractivity contribution in [3.05, 3.63) is 0 Å². The number of carbonyl (C=O) groups excluding carboxylic acids is 1. The highest BCUT2D eigenvalue weighted by molar-refractivity contribution is 7.93. The number of likely N-dealkylation sites (tertiary alicyclic amines) is 1. The van der Waals surface area contributed by atoms with Crippen LogP contribution < -0.4 is 0 Å². The minimum atomic E-state index is -3.31. The lowest BCUT2D eigenvalue weighted by Crippen LogP contribution is -2.50. The van der Waals surface area contributed by atoms with E-state index in [4.69, 9.17) is 0 Å². The van der Waals surface area contributed by atoms with Crippen molar-refractivity contribution in [2.75, 3.05) is 18.8 Å². The van der Waals surface area contributed by atoms with Crippen molar-refractivity contribution in [3.63, 3.8) is 0 Å². The highest BCUT2D eigenvalue weighted by Gasteiger charge is 2.44. The van der Waals surface area contributed by atoms with Crippen LogP contribution in [0.1, 0.15) is 39.5 Å². The zero-order valence-corrected chi connectivity index (χ0v) is 13.4. The Morgan fingerprint density at radius 3 is 2.38 bits per heavy atom. The summed E-state index contributed by atoms with van der Waals surface area (Å²) in [6.07, 6.45) is 2.40. The van der Waals surface area contributed by atoms with Gasteiger partial charge in [-0.15, -0.1) is 0 Å². The van der Waals surface area contributed by atoms with Crippen LogP contribution in [0.5, 0.6) is 0 Å². The van der Waals surface area contributed by atoms with Gasteiger partial charge in [-0.2, -0.15) is 0 Å². The number of hydrogen-bond donors (Lipinski definition) is 1. The van der Waals surface area contributed by atoms with Crippen LogP contribution in [0, 0.1) is 11.3 Å². The van der Waals surface area contributed by atoms with Crippen LogP contribution in [0.15, 0.2) is 0 Å². The third kappa shape index (κ3) is 3.07. The van der Waals surface area contributed by atoms with Gasteiger partial charge in [0, 0.05) is 13.1 Å². The molecule has 2 unspecified atom stereocenters. The van der Waals surface area contributed by atoms with Gasteiger partial charge in [0.25, 0.3) is 0 Å². The summed E-state index contributed by atoms with van der Waals surface area (Å²) in [5.41, 5.74) is -0.909. The second-order valence-corrected chi connectivity index (χ2v) is 8.95. The van der Waals surface area contributed by atoms with Gasteiger partial charge in [0.15, 0.2) is 9.84 Å². The van der Waals surface area contributed by atoms with E-state index in [2.05, 4.69) is 0 Å². The van der Waals surface area contributed by atoms with Crippen molar-refractivity contribution in [3.8, 4) is 0 Å².